The van der Waals surface area contributed by atoms with Crippen molar-refractivity contribution in [3.05, 3.63) is 142 Å². The zero-order valence-electron chi connectivity index (χ0n) is 21.7. The minimum Gasteiger partial charge on any atom is -0.392 e. The average molecular weight is 588 g/mol. The van der Waals surface area contributed by atoms with E-state index >= 15 is 0 Å². The summed E-state index contributed by atoms with van der Waals surface area (Å²) in [5.41, 5.74) is 9.06. The molecule has 0 saturated carbocycles. The van der Waals surface area contributed by atoms with E-state index in [9.17, 15) is 8.78 Å². The topological polar surface area (TPSA) is 44.3 Å². The third-order valence-electron chi connectivity index (χ3n) is 6.15. The Hall–Kier alpha value is -4.00. The van der Waals surface area contributed by atoms with E-state index in [0.717, 1.165) is 55.0 Å². The molecule has 3 nitrogen and oxygen atoms in total. The molecular formula is C33H29BrF2N2O. The maximum Gasteiger partial charge on any atom is 0.123 e. The van der Waals surface area contributed by atoms with Gasteiger partial charge in [-0.15, -0.1) is 0 Å². The smallest absolute Gasteiger partial charge is 0.123 e. The van der Waals surface area contributed by atoms with Crippen LogP contribution in [0.25, 0.3) is 11.1 Å². The van der Waals surface area contributed by atoms with Gasteiger partial charge in [-0.1, -0.05) is 58.4 Å². The van der Waals surface area contributed by atoms with Gasteiger partial charge >= 0.3 is 0 Å². The lowest BCUT2D eigenvalue weighted by Gasteiger charge is -2.12. The molecule has 0 aliphatic heterocycles. The Morgan fingerprint density at radius 2 is 1.05 bits per heavy atom. The molecule has 0 amide bonds. The van der Waals surface area contributed by atoms with E-state index in [1.165, 1.54) is 24.3 Å². The Morgan fingerprint density at radius 3 is 1.56 bits per heavy atom. The van der Waals surface area contributed by atoms with Crippen molar-refractivity contribution in [1.82, 2.24) is 0 Å². The van der Waals surface area contributed by atoms with Gasteiger partial charge in [-0.05, 0) is 108 Å². The molecule has 198 valence electrons. The standard InChI is InChI=1S/C20H18FNO.C13H11BrFN/c1-14-2-5-17(16-6-3-15(13-23)4-7-16)12-20(14)22-19-10-8-18(21)9-11-19;1-9-2-3-10(14)8-13(9)16-12-6-4-11(15)5-7-12/h2-12,22-23H,13H2,1H3;2-8,16H,1H3. The summed E-state index contributed by atoms with van der Waals surface area (Å²) in [5.74, 6) is -0.471. The summed E-state index contributed by atoms with van der Waals surface area (Å²) in [6, 6.07) is 32.7. The number of benzene rings is 5. The summed E-state index contributed by atoms with van der Waals surface area (Å²) in [4.78, 5) is 0. The van der Waals surface area contributed by atoms with E-state index in [2.05, 4.69) is 44.8 Å². The van der Waals surface area contributed by atoms with Crippen LogP contribution < -0.4 is 10.6 Å². The summed E-state index contributed by atoms with van der Waals surface area (Å²) in [5, 5.41) is 15.7. The minimum absolute atomic E-state index is 0.0472. The number of halogens is 3. The zero-order valence-corrected chi connectivity index (χ0v) is 23.3. The van der Waals surface area contributed by atoms with Crippen LogP contribution in [-0.4, -0.2) is 5.11 Å². The number of nitrogens with one attached hydrogen (secondary N) is 2. The van der Waals surface area contributed by atoms with Crippen molar-refractivity contribution in [2.45, 2.75) is 20.5 Å². The first-order valence-electron chi connectivity index (χ1n) is 12.4. The number of anilines is 4. The Labute approximate surface area is 236 Å². The fourth-order valence-electron chi connectivity index (χ4n) is 3.85. The van der Waals surface area contributed by atoms with E-state index in [4.69, 9.17) is 5.11 Å². The summed E-state index contributed by atoms with van der Waals surface area (Å²) in [7, 11) is 0. The predicted molar refractivity (Wildman–Crippen MR) is 161 cm³/mol. The predicted octanol–water partition coefficient (Wildman–Crippen LogP) is 9.68. The first kappa shape index (κ1) is 28.0. The monoisotopic (exact) mass is 586 g/mol. The van der Waals surface area contributed by atoms with Crippen molar-refractivity contribution in [3.8, 4) is 11.1 Å². The number of aryl methyl sites for hydroxylation is 2. The van der Waals surface area contributed by atoms with E-state index < -0.39 is 0 Å². The normalized spacial score (nSPS) is 10.4. The van der Waals surface area contributed by atoms with Gasteiger partial charge in [0.25, 0.3) is 0 Å². The molecule has 0 spiro atoms. The van der Waals surface area contributed by atoms with E-state index in [1.807, 2.05) is 56.3 Å². The maximum absolute atomic E-state index is 13.0. The molecule has 5 aromatic rings. The number of hydrogen-bond donors (Lipinski definition) is 3. The summed E-state index contributed by atoms with van der Waals surface area (Å²) >= 11 is 3.42. The lowest BCUT2D eigenvalue weighted by atomic mass is 10.0. The Morgan fingerprint density at radius 1 is 0.590 bits per heavy atom. The highest BCUT2D eigenvalue weighted by Crippen LogP contribution is 2.28. The van der Waals surface area contributed by atoms with Crippen LogP contribution in [0, 0.1) is 25.5 Å². The Kier molecular flexibility index (Phi) is 9.47. The zero-order chi connectivity index (χ0) is 27.8. The van der Waals surface area contributed by atoms with E-state index in [1.54, 1.807) is 24.3 Å². The number of aliphatic hydroxyl groups is 1. The van der Waals surface area contributed by atoms with Crippen molar-refractivity contribution >= 4 is 38.7 Å². The molecule has 6 heteroatoms. The molecule has 0 atom stereocenters. The molecule has 5 aromatic carbocycles. The molecule has 39 heavy (non-hydrogen) atoms. The van der Waals surface area contributed by atoms with Crippen molar-refractivity contribution in [3.63, 3.8) is 0 Å². The highest BCUT2D eigenvalue weighted by Gasteiger charge is 2.04. The minimum atomic E-state index is -0.245. The van der Waals surface area contributed by atoms with Crippen molar-refractivity contribution in [1.29, 1.82) is 0 Å². The number of aliphatic hydroxyl groups excluding tert-OH is 1. The van der Waals surface area contributed by atoms with Gasteiger partial charge in [0.15, 0.2) is 0 Å². The van der Waals surface area contributed by atoms with Gasteiger partial charge in [0, 0.05) is 27.2 Å². The van der Waals surface area contributed by atoms with Crippen molar-refractivity contribution < 1.29 is 13.9 Å². The quantitative estimate of drug-likeness (QED) is 0.185. The van der Waals surface area contributed by atoms with Gasteiger partial charge in [0.1, 0.15) is 11.6 Å². The van der Waals surface area contributed by atoms with Crippen LogP contribution in [0.2, 0.25) is 0 Å². The molecule has 0 aliphatic carbocycles. The van der Waals surface area contributed by atoms with Crippen LogP contribution >= 0.6 is 15.9 Å². The molecule has 0 saturated heterocycles. The molecule has 0 fully saturated rings. The van der Waals surface area contributed by atoms with Crippen LogP contribution in [0.5, 0.6) is 0 Å². The second-order valence-corrected chi connectivity index (χ2v) is 10.0. The SMILES string of the molecule is Cc1ccc(-c2ccc(CO)cc2)cc1Nc1ccc(F)cc1.Cc1ccc(Br)cc1Nc1ccc(F)cc1. The molecule has 0 heterocycles. The van der Waals surface area contributed by atoms with Crippen LogP contribution in [0.3, 0.4) is 0 Å². The summed E-state index contributed by atoms with van der Waals surface area (Å²) in [6.45, 7) is 4.11. The largest absolute Gasteiger partial charge is 0.392 e. The van der Waals surface area contributed by atoms with Gasteiger partial charge < -0.3 is 15.7 Å². The average Bonchev–Trinajstić information content (AvgIpc) is 2.95. The Balaban J connectivity index is 0.000000193. The lowest BCUT2D eigenvalue weighted by molar-refractivity contribution is 0.282. The maximum atomic E-state index is 13.0. The fraction of sp³-hybridized carbons (Fsp3) is 0.0909. The Bertz CT molecular complexity index is 1520. The van der Waals surface area contributed by atoms with Gasteiger partial charge in [0.2, 0.25) is 0 Å². The van der Waals surface area contributed by atoms with Gasteiger partial charge in [-0.3, -0.25) is 0 Å². The summed E-state index contributed by atoms with van der Waals surface area (Å²) < 4.78 is 26.8. The van der Waals surface area contributed by atoms with Crippen molar-refractivity contribution in [2.24, 2.45) is 0 Å². The van der Waals surface area contributed by atoms with Crippen molar-refractivity contribution in [2.75, 3.05) is 10.6 Å². The molecule has 5 rings (SSSR count). The van der Waals surface area contributed by atoms with Crippen LogP contribution in [0.4, 0.5) is 31.5 Å². The fourth-order valence-corrected chi connectivity index (χ4v) is 4.21. The molecule has 0 aliphatic rings. The molecule has 0 aromatic heterocycles. The first-order chi connectivity index (χ1) is 18.8. The molecule has 3 N–H and O–H groups in total. The first-order valence-corrected chi connectivity index (χ1v) is 13.2. The second kappa shape index (κ2) is 13.2. The molecule has 0 radical (unpaired) electrons. The van der Waals surface area contributed by atoms with Crippen LogP contribution in [0.1, 0.15) is 16.7 Å². The van der Waals surface area contributed by atoms with Gasteiger partial charge in [-0.25, -0.2) is 8.78 Å². The van der Waals surface area contributed by atoms with E-state index in [0.29, 0.717) is 0 Å². The molecular weight excluding hydrogens is 558 g/mol. The molecule has 0 unspecified atom stereocenters. The van der Waals surface area contributed by atoms with Gasteiger partial charge in [-0.2, -0.15) is 0 Å². The third-order valence-corrected chi connectivity index (χ3v) is 6.65. The third kappa shape index (κ3) is 7.99. The van der Waals surface area contributed by atoms with Gasteiger partial charge in [0.05, 0.1) is 6.61 Å². The second-order valence-electron chi connectivity index (χ2n) is 9.11. The highest BCUT2D eigenvalue weighted by molar-refractivity contribution is 9.10. The van der Waals surface area contributed by atoms with E-state index in [-0.39, 0.29) is 18.2 Å². The number of hydrogen-bond acceptors (Lipinski definition) is 3. The van der Waals surface area contributed by atoms with Crippen LogP contribution in [0.15, 0.2) is 114 Å². The lowest BCUT2D eigenvalue weighted by Crippen LogP contribution is -1.94. The summed E-state index contributed by atoms with van der Waals surface area (Å²) in [6.07, 6.45) is 0. The van der Waals surface area contributed by atoms with Crippen LogP contribution in [-0.2, 0) is 6.61 Å². The highest BCUT2D eigenvalue weighted by atomic mass is 79.9. The molecule has 0 bridgehead atoms. The number of rotatable bonds is 6.